The highest BCUT2D eigenvalue weighted by Gasteiger charge is 2.30. The zero-order valence-electron chi connectivity index (χ0n) is 18.9. The predicted octanol–water partition coefficient (Wildman–Crippen LogP) is 6.17. The molecule has 0 unspecified atom stereocenters. The van der Waals surface area contributed by atoms with Crippen molar-refractivity contribution in [2.24, 2.45) is 0 Å². The molecule has 0 N–H and O–H groups in total. The van der Waals surface area contributed by atoms with E-state index < -0.39 is 0 Å². The molecule has 1 aliphatic rings. The maximum atomic E-state index is 13.1. The van der Waals surface area contributed by atoms with Gasteiger partial charge in [-0.2, -0.15) is 0 Å². The smallest absolute Gasteiger partial charge is 0.231 e. The quantitative estimate of drug-likeness (QED) is 0.337. The molecule has 1 aromatic heterocycles. The van der Waals surface area contributed by atoms with Crippen molar-refractivity contribution in [3.8, 4) is 17.2 Å². The van der Waals surface area contributed by atoms with E-state index in [4.69, 9.17) is 14.2 Å². The minimum atomic E-state index is -0.122. The first-order valence-electron chi connectivity index (χ1n) is 11.0. The van der Waals surface area contributed by atoms with Gasteiger partial charge in [0.1, 0.15) is 23.9 Å². The molecule has 0 saturated heterocycles. The molecule has 5 heteroatoms. The molecule has 0 radical (unpaired) electrons. The minimum absolute atomic E-state index is 0.122. The second kappa shape index (κ2) is 8.51. The summed E-state index contributed by atoms with van der Waals surface area (Å²) in [6.07, 6.45) is 3.86. The summed E-state index contributed by atoms with van der Waals surface area (Å²) in [7, 11) is 1.65. The molecule has 1 aliphatic heterocycles. The lowest BCUT2D eigenvalue weighted by Crippen LogP contribution is -1.98. The molecular formula is C28H25NO4. The van der Waals surface area contributed by atoms with Gasteiger partial charge in [0, 0.05) is 34.8 Å². The molecule has 0 amide bonds. The molecule has 166 valence electrons. The number of benzene rings is 3. The average Bonchev–Trinajstić information content (AvgIpc) is 3.36. The summed E-state index contributed by atoms with van der Waals surface area (Å²) >= 11 is 0. The summed E-state index contributed by atoms with van der Waals surface area (Å²) in [4.78, 5) is 13.1. The lowest BCUT2D eigenvalue weighted by molar-refractivity contribution is 0.101. The normalized spacial score (nSPS) is 13.9. The largest absolute Gasteiger partial charge is 0.497 e. The number of fused-ring (bicyclic) bond motifs is 2. The monoisotopic (exact) mass is 439 g/mol. The Bertz CT molecular complexity index is 1380. The molecule has 2 heterocycles. The standard InChI is InChI=1S/C28H25NO4/c1-4-29-16-20(23-15-21(31-3)10-12-24(23)29)14-26-27(30)22-11-13-25(18(2)28(22)33-26)32-17-19-8-6-5-7-9-19/h5-16H,4,17H2,1-3H3/b26-14-. The molecule has 33 heavy (non-hydrogen) atoms. The molecule has 4 aromatic rings. The van der Waals surface area contributed by atoms with Crippen molar-refractivity contribution in [2.75, 3.05) is 7.11 Å². The van der Waals surface area contributed by atoms with Gasteiger partial charge in [-0.3, -0.25) is 4.79 Å². The van der Waals surface area contributed by atoms with Crippen LogP contribution in [0.5, 0.6) is 17.2 Å². The van der Waals surface area contributed by atoms with Crippen LogP contribution in [0.15, 0.2) is 72.6 Å². The van der Waals surface area contributed by atoms with Crippen LogP contribution >= 0.6 is 0 Å². The number of nitrogens with zero attached hydrogens (tertiary/aromatic N) is 1. The zero-order valence-corrected chi connectivity index (χ0v) is 18.9. The van der Waals surface area contributed by atoms with Crippen molar-refractivity contribution in [1.82, 2.24) is 4.57 Å². The van der Waals surface area contributed by atoms with Crippen molar-refractivity contribution in [1.29, 1.82) is 0 Å². The maximum Gasteiger partial charge on any atom is 0.231 e. The van der Waals surface area contributed by atoms with Gasteiger partial charge in [-0.05, 0) is 55.8 Å². The number of rotatable bonds is 6. The van der Waals surface area contributed by atoms with Crippen LogP contribution in [0, 0.1) is 6.92 Å². The van der Waals surface area contributed by atoms with Crippen molar-refractivity contribution >= 4 is 22.8 Å². The van der Waals surface area contributed by atoms with Gasteiger partial charge < -0.3 is 18.8 Å². The van der Waals surface area contributed by atoms with Crippen molar-refractivity contribution in [3.63, 3.8) is 0 Å². The topological polar surface area (TPSA) is 49.7 Å². The zero-order chi connectivity index (χ0) is 22.9. The molecule has 0 spiro atoms. The lowest BCUT2D eigenvalue weighted by atomic mass is 10.1. The van der Waals surface area contributed by atoms with E-state index in [1.54, 1.807) is 13.2 Å². The van der Waals surface area contributed by atoms with E-state index in [0.29, 0.717) is 29.4 Å². The number of hydrogen-bond acceptors (Lipinski definition) is 4. The number of hydrogen-bond donors (Lipinski definition) is 0. The summed E-state index contributed by atoms with van der Waals surface area (Å²) in [6, 6.07) is 19.6. The molecule has 0 aliphatic carbocycles. The predicted molar refractivity (Wildman–Crippen MR) is 129 cm³/mol. The Balaban J connectivity index is 1.47. The Hall–Kier alpha value is -3.99. The first kappa shape index (κ1) is 20.9. The Morgan fingerprint density at radius 3 is 2.64 bits per heavy atom. The summed E-state index contributed by atoms with van der Waals surface area (Å²) in [5.74, 6) is 2.23. The Morgan fingerprint density at radius 1 is 1.06 bits per heavy atom. The van der Waals surface area contributed by atoms with Crippen LogP contribution in [-0.4, -0.2) is 17.5 Å². The molecule has 0 saturated carbocycles. The van der Waals surface area contributed by atoms with Crippen molar-refractivity contribution < 1.29 is 19.0 Å². The minimum Gasteiger partial charge on any atom is -0.497 e. The fourth-order valence-electron chi connectivity index (χ4n) is 4.21. The van der Waals surface area contributed by atoms with Gasteiger partial charge in [0.05, 0.1) is 12.7 Å². The van der Waals surface area contributed by atoms with E-state index in [1.807, 2.05) is 73.8 Å². The van der Waals surface area contributed by atoms with E-state index >= 15 is 0 Å². The third kappa shape index (κ3) is 3.76. The fourth-order valence-corrected chi connectivity index (χ4v) is 4.21. The molecule has 3 aromatic carbocycles. The number of allylic oxidation sites excluding steroid dienone is 1. The highest BCUT2D eigenvalue weighted by atomic mass is 16.5. The summed E-state index contributed by atoms with van der Waals surface area (Å²) in [5, 5.41) is 1.01. The van der Waals surface area contributed by atoms with Gasteiger partial charge in [0.15, 0.2) is 5.76 Å². The van der Waals surface area contributed by atoms with E-state index in [9.17, 15) is 4.79 Å². The first-order valence-corrected chi connectivity index (χ1v) is 11.0. The van der Waals surface area contributed by atoms with Crippen LogP contribution < -0.4 is 14.2 Å². The number of Topliss-reactive ketones (excluding diaryl/α,β-unsaturated/α-hetero) is 1. The maximum absolute atomic E-state index is 13.1. The highest BCUT2D eigenvalue weighted by Crippen LogP contribution is 2.40. The van der Waals surface area contributed by atoms with Gasteiger partial charge in [0.25, 0.3) is 0 Å². The number of ether oxygens (including phenoxy) is 3. The SMILES string of the molecule is CCn1cc(/C=C2\Oc3c(ccc(OCc4ccccc4)c3C)C2=O)c2cc(OC)ccc21. The molecule has 5 nitrogen and oxygen atoms in total. The highest BCUT2D eigenvalue weighted by molar-refractivity contribution is 6.15. The molecule has 0 fully saturated rings. The van der Waals surface area contributed by atoms with E-state index in [-0.39, 0.29) is 5.78 Å². The van der Waals surface area contributed by atoms with Crippen LogP contribution in [0.2, 0.25) is 0 Å². The van der Waals surface area contributed by atoms with Crippen LogP contribution in [0.4, 0.5) is 0 Å². The third-order valence-corrected chi connectivity index (χ3v) is 6.02. The third-order valence-electron chi connectivity index (χ3n) is 6.02. The van der Waals surface area contributed by atoms with Gasteiger partial charge in [0.2, 0.25) is 5.78 Å². The first-order chi connectivity index (χ1) is 16.1. The van der Waals surface area contributed by atoms with Crippen LogP contribution in [0.3, 0.4) is 0 Å². The van der Waals surface area contributed by atoms with Gasteiger partial charge in [-0.25, -0.2) is 0 Å². The van der Waals surface area contributed by atoms with Gasteiger partial charge >= 0.3 is 0 Å². The number of carbonyl (C=O) groups is 1. The summed E-state index contributed by atoms with van der Waals surface area (Å²) < 4.78 is 19.6. The number of methoxy groups -OCH3 is 1. The molecule has 5 rings (SSSR count). The number of ketones is 1. The van der Waals surface area contributed by atoms with E-state index in [2.05, 4.69) is 11.5 Å². The van der Waals surface area contributed by atoms with Crippen LogP contribution in [0.1, 0.15) is 34.0 Å². The summed E-state index contributed by atoms with van der Waals surface area (Å²) in [6.45, 7) is 5.29. The van der Waals surface area contributed by atoms with E-state index in [1.165, 1.54) is 0 Å². The number of aromatic nitrogens is 1. The molecular weight excluding hydrogens is 414 g/mol. The molecule has 0 bridgehead atoms. The van der Waals surface area contributed by atoms with E-state index in [0.717, 1.165) is 39.9 Å². The Kier molecular flexibility index (Phi) is 5.38. The van der Waals surface area contributed by atoms with Crippen LogP contribution in [0.25, 0.3) is 17.0 Å². The Labute approximate surface area is 192 Å². The Morgan fingerprint density at radius 2 is 1.88 bits per heavy atom. The number of aryl methyl sites for hydroxylation is 1. The van der Waals surface area contributed by atoms with Gasteiger partial charge in [-0.1, -0.05) is 30.3 Å². The second-order valence-electron chi connectivity index (χ2n) is 8.03. The second-order valence-corrected chi connectivity index (χ2v) is 8.03. The average molecular weight is 440 g/mol. The summed E-state index contributed by atoms with van der Waals surface area (Å²) in [5.41, 5.74) is 4.46. The van der Waals surface area contributed by atoms with Gasteiger partial charge in [-0.15, -0.1) is 0 Å². The van der Waals surface area contributed by atoms with Crippen molar-refractivity contribution in [2.45, 2.75) is 27.0 Å². The fraction of sp³-hybridized carbons (Fsp3) is 0.179. The van der Waals surface area contributed by atoms with Crippen LogP contribution in [-0.2, 0) is 13.2 Å². The lowest BCUT2D eigenvalue weighted by Gasteiger charge is -2.11. The van der Waals surface area contributed by atoms with Crippen molar-refractivity contribution in [3.05, 3.63) is 94.9 Å². The molecule has 0 atom stereocenters. The number of carbonyl (C=O) groups excluding carboxylic acids is 1.